The average molecular weight is 458 g/mol. The third-order valence-corrected chi connectivity index (χ3v) is 4.91. The Balaban J connectivity index is 1.87. The van der Waals surface area contributed by atoms with Crippen molar-refractivity contribution in [1.29, 1.82) is 0 Å². The van der Waals surface area contributed by atoms with Gasteiger partial charge in [-0.25, -0.2) is 9.48 Å². The van der Waals surface area contributed by atoms with Crippen molar-refractivity contribution in [2.45, 2.75) is 26.2 Å². The fourth-order valence-corrected chi connectivity index (χ4v) is 3.17. The van der Waals surface area contributed by atoms with Crippen molar-refractivity contribution < 1.29 is 17.9 Å². The highest BCUT2D eigenvalue weighted by Crippen LogP contribution is 2.37. The predicted octanol–water partition coefficient (Wildman–Crippen LogP) is 5.71. The molecule has 0 radical (unpaired) electrons. The molecule has 0 atom stereocenters. The van der Waals surface area contributed by atoms with Gasteiger partial charge in [-0.05, 0) is 48.9 Å². The summed E-state index contributed by atoms with van der Waals surface area (Å²) in [5.41, 5.74) is -0.648. The molecule has 158 valence electrons. The molecule has 30 heavy (non-hydrogen) atoms. The standard InChI is InChI=1S/C20H16Cl2F3N3O2/c1-3-8-27-12(2)26-28(19(27)29)11-13-9-15(5-6-16(13)21)30-18-7-4-14(10-17(18)22)20(23,24)25/h3-7,9-10H,1,8,11H2,2H3. The summed E-state index contributed by atoms with van der Waals surface area (Å²) < 4.78 is 46.7. The molecule has 0 bridgehead atoms. The molecular weight excluding hydrogens is 442 g/mol. The second-order valence-electron chi connectivity index (χ2n) is 6.38. The molecule has 0 aliphatic heterocycles. The molecule has 10 heteroatoms. The van der Waals surface area contributed by atoms with Crippen LogP contribution in [-0.2, 0) is 19.3 Å². The summed E-state index contributed by atoms with van der Waals surface area (Å²) in [5, 5.41) is 4.41. The zero-order valence-electron chi connectivity index (χ0n) is 15.7. The quantitative estimate of drug-likeness (QED) is 0.445. The van der Waals surface area contributed by atoms with Crippen LogP contribution in [0.3, 0.4) is 0 Å². The Kier molecular flexibility index (Phi) is 6.28. The van der Waals surface area contributed by atoms with E-state index >= 15 is 0 Å². The number of benzene rings is 2. The van der Waals surface area contributed by atoms with Crippen molar-refractivity contribution in [3.63, 3.8) is 0 Å². The molecule has 0 saturated heterocycles. The minimum absolute atomic E-state index is 0.0567. The van der Waals surface area contributed by atoms with Crippen molar-refractivity contribution >= 4 is 23.2 Å². The van der Waals surface area contributed by atoms with Crippen LogP contribution in [0, 0.1) is 6.92 Å². The molecule has 0 fully saturated rings. The number of alkyl halides is 3. The van der Waals surface area contributed by atoms with Gasteiger partial charge in [0.05, 0.1) is 17.1 Å². The number of ether oxygens (including phenoxy) is 1. The van der Waals surface area contributed by atoms with Gasteiger partial charge < -0.3 is 4.74 Å². The van der Waals surface area contributed by atoms with Gasteiger partial charge in [-0.3, -0.25) is 4.57 Å². The van der Waals surface area contributed by atoms with E-state index in [1.807, 2.05) is 0 Å². The highest BCUT2D eigenvalue weighted by Gasteiger charge is 2.31. The summed E-state index contributed by atoms with van der Waals surface area (Å²) in [6.07, 6.45) is -2.91. The topological polar surface area (TPSA) is 49.0 Å². The van der Waals surface area contributed by atoms with Crippen molar-refractivity contribution in [3.05, 3.63) is 86.5 Å². The Morgan fingerprint density at radius 3 is 2.53 bits per heavy atom. The van der Waals surface area contributed by atoms with E-state index < -0.39 is 11.7 Å². The van der Waals surface area contributed by atoms with Gasteiger partial charge in [-0.2, -0.15) is 18.3 Å². The normalized spacial score (nSPS) is 11.5. The molecule has 5 nitrogen and oxygen atoms in total. The van der Waals surface area contributed by atoms with E-state index in [-0.39, 0.29) is 23.0 Å². The summed E-state index contributed by atoms with van der Waals surface area (Å²) in [6.45, 7) is 5.73. The van der Waals surface area contributed by atoms with Crippen LogP contribution in [0.25, 0.3) is 0 Å². The van der Waals surface area contributed by atoms with Crippen molar-refractivity contribution in [3.8, 4) is 11.5 Å². The number of nitrogens with zero attached hydrogens (tertiary/aromatic N) is 3. The monoisotopic (exact) mass is 457 g/mol. The first-order valence-corrected chi connectivity index (χ1v) is 9.44. The number of rotatable bonds is 6. The molecule has 2 aromatic carbocycles. The van der Waals surface area contributed by atoms with Crippen LogP contribution in [0.1, 0.15) is 17.0 Å². The van der Waals surface area contributed by atoms with Gasteiger partial charge in [0, 0.05) is 11.6 Å². The van der Waals surface area contributed by atoms with E-state index in [0.29, 0.717) is 28.7 Å². The third-order valence-electron chi connectivity index (χ3n) is 4.24. The van der Waals surface area contributed by atoms with Gasteiger partial charge in [0.15, 0.2) is 0 Å². The van der Waals surface area contributed by atoms with Crippen molar-refractivity contribution in [2.24, 2.45) is 0 Å². The largest absolute Gasteiger partial charge is 0.456 e. The van der Waals surface area contributed by atoms with Crippen LogP contribution < -0.4 is 10.4 Å². The maximum absolute atomic E-state index is 12.8. The van der Waals surface area contributed by atoms with Crippen LogP contribution in [0.15, 0.2) is 53.8 Å². The first-order chi connectivity index (χ1) is 14.1. The van der Waals surface area contributed by atoms with Crippen molar-refractivity contribution in [1.82, 2.24) is 14.3 Å². The molecule has 0 unspecified atom stereocenters. The molecule has 3 aromatic rings. The summed E-state index contributed by atoms with van der Waals surface area (Å²) in [7, 11) is 0. The summed E-state index contributed by atoms with van der Waals surface area (Å²) in [5.74, 6) is 0.882. The second kappa shape index (κ2) is 8.57. The van der Waals surface area contributed by atoms with E-state index in [4.69, 9.17) is 27.9 Å². The Morgan fingerprint density at radius 1 is 1.17 bits per heavy atom. The maximum Gasteiger partial charge on any atom is 0.416 e. The predicted molar refractivity (Wildman–Crippen MR) is 109 cm³/mol. The third kappa shape index (κ3) is 4.71. The molecule has 3 rings (SSSR count). The van der Waals surface area contributed by atoms with Gasteiger partial charge in [0.1, 0.15) is 17.3 Å². The van der Waals surface area contributed by atoms with E-state index in [9.17, 15) is 18.0 Å². The van der Waals surface area contributed by atoms with Crippen LogP contribution in [-0.4, -0.2) is 14.3 Å². The molecular formula is C20H16Cl2F3N3O2. The summed E-state index contributed by atoms with van der Waals surface area (Å²) >= 11 is 12.2. The number of hydrogen-bond donors (Lipinski definition) is 0. The molecule has 1 heterocycles. The Labute approximate surface area is 179 Å². The van der Waals surface area contributed by atoms with Gasteiger partial charge >= 0.3 is 11.9 Å². The Morgan fingerprint density at radius 2 is 1.90 bits per heavy atom. The SMILES string of the molecule is C=CCn1c(C)nn(Cc2cc(Oc3ccc(C(F)(F)F)cc3Cl)ccc2Cl)c1=O. The van der Waals surface area contributed by atoms with E-state index in [2.05, 4.69) is 11.7 Å². The molecule has 0 spiro atoms. The van der Waals surface area contributed by atoms with Gasteiger partial charge in [0.25, 0.3) is 0 Å². The highest BCUT2D eigenvalue weighted by molar-refractivity contribution is 6.32. The molecule has 1 aromatic heterocycles. The van der Waals surface area contributed by atoms with Crippen LogP contribution >= 0.6 is 23.2 Å². The number of halogens is 5. The van der Waals surface area contributed by atoms with Crippen LogP contribution in [0.2, 0.25) is 10.0 Å². The number of allylic oxidation sites excluding steroid dienone is 1. The molecule has 0 amide bonds. The van der Waals surface area contributed by atoms with Gasteiger partial charge in [-0.15, -0.1) is 6.58 Å². The van der Waals surface area contributed by atoms with Gasteiger partial charge in [0.2, 0.25) is 0 Å². The minimum Gasteiger partial charge on any atom is -0.456 e. The number of aromatic nitrogens is 3. The zero-order valence-corrected chi connectivity index (χ0v) is 17.2. The smallest absolute Gasteiger partial charge is 0.416 e. The van der Waals surface area contributed by atoms with E-state index in [0.717, 1.165) is 18.2 Å². The first-order valence-electron chi connectivity index (χ1n) is 8.68. The summed E-state index contributed by atoms with van der Waals surface area (Å²) in [4.78, 5) is 12.5. The lowest BCUT2D eigenvalue weighted by atomic mass is 10.2. The first kappa shape index (κ1) is 22.0. The lowest BCUT2D eigenvalue weighted by Crippen LogP contribution is -2.25. The zero-order chi connectivity index (χ0) is 22.1. The van der Waals surface area contributed by atoms with E-state index in [1.54, 1.807) is 31.2 Å². The Bertz CT molecular complexity index is 1150. The molecule has 0 aliphatic rings. The molecule has 0 aliphatic carbocycles. The number of hydrogen-bond acceptors (Lipinski definition) is 3. The molecule has 0 N–H and O–H groups in total. The average Bonchev–Trinajstić information content (AvgIpc) is 2.93. The number of aryl methyl sites for hydroxylation is 1. The fourth-order valence-electron chi connectivity index (χ4n) is 2.78. The lowest BCUT2D eigenvalue weighted by molar-refractivity contribution is -0.137. The second-order valence-corrected chi connectivity index (χ2v) is 7.20. The highest BCUT2D eigenvalue weighted by atomic mass is 35.5. The molecule has 0 saturated carbocycles. The van der Waals surface area contributed by atoms with Crippen LogP contribution in [0.5, 0.6) is 11.5 Å². The Hall–Kier alpha value is -2.71. The van der Waals surface area contributed by atoms with Gasteiger partial charge in [-0.1, -0.05) is 29.3 Å². The van der Waals surface area contributed by atoms with Crippen molar-refractivity contribution in [2.75, 3.05) is 0 Å². The summed E-state index contributed by atoms with van der Waals surface area (Å²) in [6, 6.07) is 7.50. The minimum atomic E-state index is -4.50. The van der Waals surface area contributed by atoms with E-state index in [1.165, 1.54) is 9.25 Å². The lowest BCUT2D eigenvalue weighted by Gasteiger charge is -2.12. The van der Waals surface area contributed by atoms with Crippen LogP contribution in [0.4, 0.5) is 13.2 Å². The fraction of sp³-hybridized carbons (Fsp3) is 0.200. The maximum atomic E-state index is 12.8.